The van der Waals surface area contributed by atoms with Crippen molar-refractivity contribution in [1.82, 2.24) is 24.6 Å². The molecule has 1 saturated heterocycles. The van der Waals surface area contributed by atoms with Gasteiger partial charge in [0.15, 0.2) is 0 Å². The first-order valence-corrected chi connectivity index (χ1v) is 9.00. The molecule has 4 rings (SSSR count). The minimum absolute atomic E-state index is 0.243. The number of para-hydroxylation sites is 2. The van der Waals surface area contributed by atoms with Crippen molar-refractivity contribution in [3.63, 3.8) is 0 Å². The third-order valence-corrected chi connectivity index (χ3v) is 4.89. The fourth-order valence-electron chi connectivity index (χ4n) is 3.58. The second kappa shape index (κ2) is 7.09. The van der Waals surface area contributed by atoms with Crippen LogP contribution in [0.15, 0.2) is 42.7 Å². The summed E-state index contributed by atoms with van der Waals surface area (Å²) < 4.78 is 1.98. The van der Waals surface area contributed by atoms with Crippen LogP contribution < -0.4 is 0 Å². The number of fused-ring (bicyclic) bond motifs is 1. The molecule has 0 unspecified atom stereocenters. The number of aryl methyl sites for hydroxylation is 1. The van der Waals surface area contributed by atoms with Crippen LogP contribution in [-0.4, -0.2) is 43.6 Å². The highest BCUT2D eigenvalue weighted by Crippen LogP contribution is 2.21. The molecule has 3 heterocycles. The van der Waals surface area contributed by atoms with E-state index in [0.29, 0.717) is 12.5 Å². The van der Waals surface area contributed by atoms with Crippen LogP contribution in [0.1, 0.15) is 37.5 Å². The van der Waals surface area contributed by atoms with Crippen LogP contribution in [0.5, 0.6) is 0 Å². The number of hydrogen-bond donors (Lipinski definition) is 1. The minimum atomic E-state index is 0.243. The highest BCUT2D eigenvalue weighted by molar-refractivity contribution is 5.76. The summed E-state index contributed by atoms with van der Waals surface area (Å²) in [6, 6.07) is 10.3. The van der Waals surface area contributed by atoms with Crippen LogP contribution in [0, 0.1) is 0 Å². The lowest BCUT2D eigenvalue weighted by atomic mass is 10.1. The van der Waals surface area contributed by atoms with Crippen LogP contribution in [0.2, 0.25) is 0 Å². The summed E-state index contributed by atoms with van der Waals surface area (Å²) in [5, 5.41) is 4.32. The Bertz CT molecular complexity index is 806. The zero-order chi connectivity index (χ0) is 17.1. The first-order valence-electron chi connectivity index (χ1n) is 9.00. The minimum Gasteiger partial charge on any atom is -0.342 e. The van der Waals surface area contributed by atoms with Crippen LogP contribution in [0.4, 0.5) is 0 Å². The van der Waals surface area contributed by atoms with Crippen molar-refractivity contribution < 1.29 is 4.79 Å². The zero-order valence-electron chi connectivity index (χ0n) is 14.3. The van der Waals surface area contributed by atoms with Gasteiger partial charge in [0.1, 0.15) is 5.82 Å². The number of nitrogens with zero attached hydrogens (tertiary/aromatic N) is 4. The third-order valence-electron chi connectivity index (χ3n) is 4.89. The molecule has 1 amide bonds. The first-order chi connectivity index (χ1) is 12.3. The summed E-state index contributed by atoms with van der Waals surface area (Å²) in [5.41, 5.74) is 2.05. The van der Waals surface area contributed by atoms with Gasteiger partial charge in [0.2, 0.25) is 5.91 Å². The summed E-state index contributed by atoms with van der Waals surface area (Å²) in [6.07, 6.45) is 8.11. The topological polar surface area (TPSA) is 66.8 Å². The van der Waals surface area contributed by atoms with Gasteiger partial charge < -0.3 is 9.88 Å². The van der Waals surface area contributed by atoms with Gasteiger partial charge >= 0.3 is 0 Å². The van der Waals surface area contributed by atoms with E-state index >= 15 is 0 Å². The van der Waals surface area contributed by atoms with Gasteiger partial charge in [-0.1, -0.05) is 12.1 Å². The largest absolute Gasteiger partial charge is 0.342 e. The van der Waals surface area contributed by atoms with E-state index in [2.05, 4.69) is 15.1 Å². The number of rotatable bonds is 5. The molecule has 1 N–H and O–H groups in total. The number of aromatic amines is 1. The van der Waals surface area contributed by atoms with Crippen molar-refractivity contribution in [2.75, 3.05) is 13.1 Å². The third kappa shape index (κ3) is 3.57. The summed E-state index contributed by atoms with van der Waals surface area (Å²) in [6.45, 7) is 1.63. The molecule has 0 aliphatic carbocycles. The van der Waals surface area contributed by atoms with Crippen molar-refractivity contribution in [1.29, 1.82) is 0 Å². The van der Waals surface area contributed by atoms with Crippen molar-refractivity contribution in [3.8, 4) is 0 Å². The Labute approximate surface area is 146 Å². The van der Waals surface area contributed by atoms with Crippen molar-refractivity contribution in [2.24, 2.45) is 0 Å². The van der Waals surface area contributed by atoms with Crippen LogP contribution in [0.25, 0.3) is 11.0 Å². The normalized spacial score (nSPS) is 17.9. The molecule has 2 aromatic heterocycles. The molecule has 0 bridgehead atoms. The monoisotopic (exact) mass is 337 g/mol. The number of piperidine rings is 1. The average molecular weight is 337 g/mol. The lowest BCUT2D eigenvalue weighted by molar-refractivity contribution is -0.133. The van der Waals surface area contributed by atoms with E-state index in [1.807, 2.05) is 46.1 Å². The molecule has 3 aromatic rings. The molecular formula is C19H23N5O. The van der Waals surface area contributed by atoms with Gasteiger partial charge in [0, 0.05) is 38.3 Å². The Morgan fingerprint density at radius 1 is 1.28 bits per heavy atom. The van der Waals surface area contributed by atoms with Gasteiger partial charge in [-0.3, -0.25) is 9.48 Å². The van der Waals surface area contributed by atoms with Gasteiger partial charge in [-0.15, -0.1) is 0 Å². The fourth-order valence-corrected chi connectivity index (χ4v) is 3.58. The van der Waals surface area contributed by atoms with Crippen LogP contribution >= 0.6 is 0 Å². The number of benzene rings is 1. The highest BCUT2D eigenvalue weighted by atomic mass is 16.2. The smallest absolute Gasteiger partial charge is 0.222 e. The number of aromatic nitrogens is 4. The average Bonchev–Trinajstić information content (AvgIpc) is 3.31. The molecule has 25 heavy (non-hydrogen) atoms. The standard InChI is InChI=1S/C19H23N5O/c25-19(23-12-4-6-15(14-23)24-13-5-11-20-24)10-3-9-18-21-16-7-1-2-8-17(16)22-18/h1-2,5,7-8,11,13,15H,3-4,6,9-10,12,14H2,(H,21,22)/t15-/m0/s1. The molecule has 1 atom stereocenters. The molecule has 0 saturated carbocycles. The molecule has 1 fully saturated rings. The number of amides is 1. The SMILES string of the molecule is O=C(CCCc1nc2ccccc2[nH]1)N1CCC[C@H](n2cccn2)C1. The number of hydrogen-bond acceptors (Lipinski definition) is 3. The second-order valence-electron chi connectivity index (χ2n) is 6.68. The van der Waals surface area contributed by atoms with Crippen molar-refractivity contribution in [2.45, 2.75) is 38.1 Å². The van der Waals surface area contributed by atoms with E-state index in [-0.39, 0.29) is 5.91 Å². The Morgan fingerprint density at radius 2 is 2.20 bits per heavy atom. The van der Waals surface area contributed by atoms with Crippen molar-refractivity contribution >= 4 is 16.9 Å². The quantitative estimate of drug-likeness (QED) is 0.778. The van der Waals surface area contributed by atoms with Gasteiger partial charge in [-0.25, -0.2) is 4.98 Å². The first kappa shape index (κ1) is 15.9. The molecule has 1 aromatic carbocycles. The Kier molecular flexibility index (Phi) is 4.50. The molecule has 130 valence electrons. The molecule has 6 heteroatoms. The van der Waals surface area contributed by atoms with E-state index in [4.69, 9.17) is 0 Å². The molecular weight excluding hydrogens is 314 g/mol. The Morgan fingerprint density at radius 3 is 3.04 bits per heavy atom. The number of nitrogens with one attached hydrogen (secondary N) is 1. The zero-order valence-corrected chi connectivity index (χ0v) is 14.3. The van der Waals surface area contributed by atoms with Gasteiger partial charge in [0.25, 0.3) is 0 Å². The Hall–Kier alpha value is -2.63. The number of likely N-dealkylation sites (tertiary alicyclic amines) is 1. The maximum atomic E-state index is 12.5. The summed E-state index contributed by atoms with van der Waals surface area (Å²) in [7, 11) is 0. The fraction of sp³-hybridized carbons (Fsp3) is 0.421. The lowest BCUT2D eigenvalue weighted by Gasteiger charge is -2.33. The van der Waals surface area contributed by atoms with Gasteiger partial charge in [-0.2, -0.15) is 5.10 Å². The molecule has 0 spiro atoms. The lowest BCUT2D eigenvalue weighted by Crippen LogP contribution is -2.40. The highest BCUT2D eigenvalue weighted by Gasteiger charge is 2.24. The number of carbonyl (C=O) groups is 1. The van der Waals surface area contributed by atoms with Gasteiger partial charge in [-0.05, 0) is 37.5 Å². The predicted molar refractivity (Wildman–Crippen MR) is 96.1 cm³/mol. The van der Waals surface area contributed by atoms with E-state index in [0.717, 1.165) is 55.6 Å². The molecule has 1 aliphatic heterocycles. The number of imidazole rings is 1. The van der Waals surface area contributed by atoms with Crippen LogP contribution in [0.3, 0.4) is 0 Å². The maximum Gasteiger partial charge on any atom is 0.222 e. The van der Waals surface area contributed by atoms with E-state index in [1.165, 1.54) is 0 Å². The van der Waals surface area contributed by atoms with Gasteiger partial charge in [0.05, 0.1) is 17.1 Å². The summed E-state index contributed by atoms with van der Waals surface area (Å²) in [4.78, 5) is 22.4. The van der Waals surface area contributed by atoms with E-state index < -0.39 is 0 Å². The summed E-state index contributed by atoms with van der Waals surface area (Å²) in [5.74, 6) is 1.20. The Balaban J connectivity index is 1.29. The maximum absolute atomic E-state index is 12.5. The molecule has 6 nitrogen and oxygen atoms in total. The van der Waals surface area contributed by atoms with E-state index in [1.54, 1.807) is 6.20 Å². The second-order valence-corrected chi connectivity index (χ2v) is 6.68. The molecule has 1 aliphatic rings. The molecule has 0 radical (unpaired) electrons. The summed E-state index contributed by atoms with van der Waals surface area (Å²) >= 11 is 0. The van der Waals surface area contributed by atoms with E-state index in [9.17, 15) is 4.79 Å². The number of H-pyrrole nitrogens is 1. The number of carbonyl (C=O) groups excluding carboxylic acids is 1. The predicted octanol–water partition coefficient (Wildman–Crippen LogP) is 2.95. The van der Waals surface area contributed by atoms with Crippen molar-refractivity contribution in [3.05, 3.63) is 48.5 Å². The van der Waals surface area contributed by atoms with Crippen LogP contribution in [-0.2, 0) is 11.2 Å².